The van der Waals surface area contributed by atoms with Gasteiger partial charge >= 0.3 is 0 Å². The standard InChI is InChI=1S/C21H24N4O5/c1-14(24-20(27)17-4-2-3-5-18(17)21(24)28)19(26)23-12-10-22(11-13-23)15-6-8-16(9-7-15)25(29)30/h2-3,6-9,14,17-18H,4-5,10-13H2,1H3/t14-,17-,18-/m0/s1. The Morgan fingerprint density at radius 1 is 1.00 bits per heavy atom. The maximum Gasteiger partial charge on any atom is 0.269 e. The number of non-ortho nitro benzene ring substituents is 1. The van der Waals surface area contributed by atoms with E-state index in [4.69, 9.17) is 0 Å². The minimum Gasteiger partial charge on any atom is -0.368 e. The topological polar surface area (TPSA) is 104 Å². The Bertz CT molecular complexity index is 878. The lowest BCUT2D eigenvalue weighted by atomic mass is 9.85. The molecule has 1 aliphatic carbocycles. The molecular weight excluding hydrogens is 388 g/mol. The van der Waals surface area contributed by atoms with Crippen molar-refractivity contribution >= 4 is 29.1 Å². The molecule has 2 aliphatic heterocycles. The average Bonchev–Trinajstić information content (AvgIpc) is 3.03. The van der Waals surface area contributed by atoms with E-state index < -0.39 is 11.0 Å². The van der Waals surface area contributed by atoms with Crippen LogP contribution in [0.2, 0.25) is 0 Å². The molecule has 4 rings (SSSR count). The highest BCUT2D eigenvalue weighted by molar-refractivity contribution is 6.08. The fraction of sp³-hybridized carbons (Fsp3) is 0.476. The van der Waals surface area contributed by atoms with Gasteiger partial charge in [0.15, 0.2) is 0 Å². The van der Waals surface area contributed by atoms with Crippen molar-refractivity contribution in [2.45, 2.75) is 25.8 Å². The first-order chi connectivity index (χ1) is 14.4. The number of nitro benzene ring substituents is 1. The number of nitro groups is 1. The molecule has 0 bridgehead atoms. The number of allylic oxidation sites excluding steroid dienone is 2. The minimum atomic E-state index is -0.804. The highest BCUT2D eigenvalue weighted by atomic mass is 16.6. The maximum absolute atomic E-state index is 13.0. The van der Waals surface area contributed by atoms with Gasteiger partial charge in [-0.3, -0.25) is 29.4 Å². The van der Waals surface area contributed by atoms with E-state index in [1.807, 2.05) is 12.2 Å². The molecule has 3 amide bonds. The number of piperazine rings is 1. The Kier molecular flexibility index (Phi) is 5.27. The summed E-state index contributed by atoms with van der Waals surface area (Å²) in [6.07, 6.45) is 4.97. The molecule has 9 heteroatoms. The zero-order valence-electron chi connectivity index (χ0n) is 16.8. The molecule has 158 valence electrons. The summed E-state index contributed by atoms with van der Waals surface area (Å²) in [4.78, 5) is 53.8. The van der Waals surface area contributed by atoms with E-state index in [0.29, 0.717) is 39.0 Å². The Labute approximate surface area is 174 Å². The Balaban J connectivity index is 1.37. The van der Waals surface area contributed by atoms with Crippen molar-refractivity contribution in [2.24, 2.45) is 11.8 Å². The Morgan fingerprint density at radius 3 is 2.03 bits per heavy atom. The third-order valence-corrected chi connectivity index (χ3v) is 6.30. The number of fused-ring (bicyclic) bond motifs is 1. The smallest absolute Gasteiger partial charge is 0.269 e. The zero-order valence-corrected chi connectivity index (χ0v) is 16.8. The summed E-state index contributed by atoms with van der Waals surface area (Å²) >= 11 is 0. The van der Waals surface area contributed by atoms with Gasteiger partial charge in [-0.15, -0.1) is 0 Å². The number of carbonyl (C=O) groups excluding carboxylic acids is 3. The number of amides is 3. The van der Waals surface area contributed by atoms with Gasteiger partial charge in [-0.1, -0.05) is 12.2 Å². The van der Waals surface area contributed by atoms with Crippen molar-refractivity contribution in [1.29, 1.82) is 0 Å². The molecule has 0 N–H and O–H groups in total. The number of carbonyl (C=O) groups is 3. The van der Waals surface area contributed by atoms with Crippen LogP contribution in [0, 0.1) is 22.0 Å². The highest BCUT2D eigenvalue weighted by Gasteiger charge is 2.50. The monoisotopic (exact) mass is 412 g/mol. The largest absolute Gasteiger partial charge is 0.368 e. The van der Waals surface area contributed by atoms with Crippen molar-refractivity contribution in [3.8, 4) is 0 Å². The number of benzene rings is 1. The molecule has 0 radical (unpaired) electrons. The van der Waals surface area contributed by atoms with E-state index in [0.717, 1.165) is 5.69 Å². The molecular formula is C21H24N4O5. The van der Waals surface area contributed by atoms with Crippen LogP contribution in [0.5, 0.6) is 0 Å². The second-order valence-electron chi connectivity index (χ2n) is 7.96. The second-order valence-corrected chi connectivity index (χ2v) is 7.96. The van der Waals surface area contributed by atoms with E-state index in [-0.39, 0.29) is 35.2 Å². The van der Waals surface area contributed by atoms with Crippen LogP contribution >= 0.6 is 0 Å². The lowest BCUT2D eigenvalue weighted by Crippen LogP contribution is -2.55. The van der Waals surface area contributed by atoms with Crippen molar-refractivity contribution in [1.82, 2.24) is 9.80 Å². The first-order valence-electron chi connectivity index (χ1n) is 10.2. The molecule has 1 aromatic carbocycles. The van der Waals surface area contributed by atoms with Crippen LogP contribution in [0.25, 0.3) is 0 Å². The molecule has 0 spiro atoms. The van der Waals surface area contributed by atoms with Gasteiger partial charge < -0.3 is 9.80 Å². The van der Waals surface area contributed by atoms with Crippen molar-refractivity contribution in [3.05, 3.63) is 46.5 Å². The molecule has 3 atom stereocenters. The lowest BCUT2D eigenvalue weighted by molar-refractivity contribution is -0.384. The summed E-state index contributed by atoms with van der Waals surface area (Å²) in [6.45, 7) is 3.71. The second kappa shape index (κ2) is 7.89. The lowest BCUT2D eigenvalue weighted by Gasteiger charge is -2.38. The number of hydrogen-bond donors (Lipinski definition) is 0. The van der Waals surface area contributed by atoms with Crippen molar-refractivity contribution in [2.75, 3.05) is 31.1 Å². The molecule has 0 aromatic heterocycles. The van der Waals surface area contributed by atoms with E-state index in [2.05, 4.69) is 4.90 Å². The maximum atomic E-state index is 13.0. The molecule has 3 aliphatic rings. The third-order valence-electron chi connectivity index (χ3n) is 6.30. The summed E-state index contributed by atoms with van der Waals surface area (Å²) in [6, 6.07) is 5.54. The number of likely N-dealkylation sites (tertiary alicyclic amines) is 1. The number of hydrogen-bond acceptors (Lipinski definition) is 6. The van der Waals surface area contributed by atoms with Crippen LogP contribution < -0.4 is 4.90 Å². The average molecular weight is 412 g/mol. The van der Waals surface area contributed by atoms with Crippen LogP contribution in [0.1, 0.15) is 19.8 Å². The van der Waals surface area contributed by atoms with Gasteiger partial charge in [-0.05, 0) is 31.9 Å². The van der Waals surface area contributed by atoms with Crippen molar-refractivity contribution < 1.29 is 19.3 Å². The summed E-state index contributed by atoms with van der Waals surface area (Å²) in [5.41, 5.74) is 0.902. The van der Waals surface area contributed by atoms with E-state index in [9.17, 15) is 24.5 Å². The van der Waals surface area contributed by atoms with Gasteiger partial charge in [-0.25, -0.2) is 0 Å². The summed E-state index contributed by atoms with van der Waals surface area (Å²) < 4.78 is 0. The van der Waals surface area contributed by atoms with Gasteiger partial charge in [0.1, 0.15) is 6.04 Å². The molecule has 0 unspecified atom stereocenters. The molecule has 1 aromatic rings. The third kappa shape index (κ3) is 3.44. The van der Waals surface area contributed by atoms with Crippen LogP contribution in [-0.4, -0.2) is 64.7 Å². The van der Waals surface area contributed by atoms with E-state index in [1.165, 1.54) is 17.0 Å². The minimum absolute atomic E-state index is 0.0390. The summed E-state index contributed by atoms with van der Waals surface area (Å²) in [7, 11) is 0. The Hall–Kier alpha value is -3.23. The van der Waals surface area contributed by atoms with Crippen LogP contribution in [0.3, 0.4) is 0 Å². The zero-order chi connectivity index (χ0) is 21.4. The molecule has 0 saturated carbocycles. The summed E-state index contributed by atoms with van der Waals surface area (Å²) in [5, 5.41) is 10.8. The first kappa shape index (κ1) is 20.1. The van der Waals surface area contributed by atoms with Gasteiger partial charge in [0.2, 0.25) is 17.7 Å². The molecule has 2 fully saturated rings. The quantitative estimate of drug-likeness (QED) is 0.322. The van der Waals surface area contributed by atoms with Crippen LogP contribution in [-0.2, 0) is 14.4 Å². The number of rotatable bonds is 4. The fourth-order valence-corrected chi connectivity index (χ4v) is 4.55. The van der Waals surface area contributed by atoms with Gasteiger partial charge in [0.25, 0.3) is 5.69 Å². The summed E-state index contributed by atoms with van der Waals surface area (Å²) in [5.74, 6) is -1.36. The van der Waals surface area contributed by atoms with E-state index >= 15 is 0 Å². The van der Waals surface area contributed by atoms with Gasteiger partial charge in [0.05, 0.1) is 16.8 Å². The predicted molar refractivity (Wildman–Crippen MR) is 109 cm³/mol. The van der Waals surface area contributed by atoms with Gasteiger partial charge in [-0.2, -0.15) is 0 Å². The molecule has 30 heavy (non-hydrogen) atoms. The molecule has 2 saturated heterocycles. The first-order valence-corrected chi connectivity index (χ1v) is 10.2. The van der Waals surface area contributed by atoms with Gasteiger partial charge in [0, 0.05) is 44.0 Å². The molecule has 9 nitrogen and oxygen atoms in total. The number of anilines is 1. The predicted octanol–water partition coefficient (Wildman–Crippen LogP) is 1.58. The fourth-order valence-electron chi connectivity index (χ4n) is 4.55. The number of nitrogens with zero attached hydrogens (tertiary/aromatic N) is 4. The Morgan fingerprint density at radius 2 is 1.53 bits per heavy atom. The molecule has 2 heterocycles. The van der Waals surface area contributed by atoms with E-state index in [1.54, 1.807) is 24.0 Å². The highest BCUT2D eigenvalue weighted by Crippen LogP contribution is 2.36. The number of imide groups is 1. The SMILES string of the molecule is C[C@@H](C(=O)N1CCN(c2ccc([N+](=O)[O-])cc2)CC1)N1C(=O)[C@H]2CC=CC[C@@H]2C1=O. The van der Waals surface area contributed by atoms with Crippen molar-refractivity contribution in [3.63, 3.8) is 0 Å². The normalized spacial score (nSPS) is 24.8. The van der Waals surface area contributed by atoms with Crippen LogP contribution in [0.15, 0.2) is 36.4 Å². The van der Waals surface area contributed by atoms with Crippen LogP contribution in [0.4, 0.5) is 11.4 Å².